The summed E-state index contributed by atoms with van der Waals surface area (Å²) in [7, 11) is 0. The van der Waals surface area contributed by atoms with Crippen LogP contribution in [0.15, 0.2) is 36.5 Å². The van der Waals surface area contributed by atoms with Crippen molar-refractivity contribution in [1.82, 2.24) is 15.2 Å². The lowest BCUT2D eigenvalue weighted by Gasteiger charge is -2.41. The van der Waals surface area contributed by atoms with E-state index < -0.39 is 17.7 Å². The number of carbonyl (C=O) groups excluding carboxylic acids is 1. The van der Waals surface area contributed by atoms with Gasteiger partial charge in [0.2, 0.25) is 5.88 Å². The van der Waals surface area contributed by atoms with Crippen LogP contribution in [-0.2, 0) is 20.7 Å². The van der Waals surface area contributed by atoms with E-state index in [0.29, 0.717) is 35.9 Å². The molecule has 0 bridgehead atoms. The Labute approximate surface area is 261 Å². The van der Waals surface area contributed by atoms with Gasteiger partial charge in [0.15, 0.2) is 6.10 Å². The van der Waals surface area contributed by atoms with Gasteiger partial charge in [-0.05, 0) is 90.5 Å². The van der Waals surface area contributed by atoms with Crippen molar-refractivity contribution in [2.24, 2.45) is 5.41 Å². The summed E-state index contributed by atoms with van der Waals surface area (Å²) in [5.41, 5.74) is 5.09. The van der Waals surface area contributed by atoms with Crippen LogP contribution < -0.4 is 9.64 Å². The number of hydrogen-bond acceptors (Lipinski definition) is 8. The number of aryl methyl sites for hydroxylation is 2. The number of halogens is 1. The van der Waals surface area contributed by atoms with Gasteiger partial charge in [-0.15, -0.1) is 10.2 Å². The second-order valence-corrected chi connectivity index (χ2v) is 13.7. The molecular weight excluding hydrogens is 559 g/mol. The van der Waals surface area contributed by atoms with Crippen LogP contribution in [0.2, 0.25) is 0 Å². The Morgan fingerprint density at radius 1 is 1.07 bits per heavy atom. The van der Waals surface area contributed by atoms with Crippen molar-refractivity contribution in [2.75, 3.05) is 24.6 Å². The monoisotopic (exact) mass is 606 g/mol. The molecule has 1 saturated heterocycles. The van der Waals surface area contributed by atoms with E-state index in [1.165, 1.54) is 12.1 Å². The lowest BCUT2D eigenvalue weighted by molar-refractivity contribution is -0.171. The van der Waals surface area contributed by atoms with Crippen molar-refractivity contribution >= 4 is 11.7 Å². The summed E-state index contributed by atoms with van der Waals surface area (Å²) in [6.07, 6.45) is 3.16. The van der Waals surface area contributed by atoms with Gasteiger partial charge in [0.05, 0.1) is 29.7 Å². The van der Waals surface area contributed by atoms with Gasteiger partial charge < -0.3 is 19.1 Å². The largest absolute Gasteiger partial charge is 0.476 e. The van der Waals surface area contributed by atoms with Crippen LogP contribution in [0.3, 0.4) is 0 Å². The number of benzene rings is 1. The molecule has 0 radical (unpaired) electrons. The molecule has 1 aliphatic rings. The lowest BCUT2D eigenvalue weighted by atomic mass is 9.82. The Balaban J connectivity index is 1.75. The molecule has 0 unspecified atom stereocenters. The van der Waals surface area contributed by atoms with Gasteiger partial charge >= 0.3 is 5.97 Å². The number of rotatable bonds is 10. The summed E-state index contributed by atoms with van der Waals surface area (Å²) in [5, 5.41) is 9.02. The molecule has 0 N–H and O–H groups in total. The van der Waals surface area contributed by atoms with Crippen molar-refractivity contribution in [2.45, 2.75) is 99.4 Å². The predicted molar refractivity (Wildman–Crippen MR) is 170 cm³/mol. The second kappa shape index (κ2) is 13.6. The van der Waals surface area contributed by atoms with E-state index >= 15 is 0 Å². The second-order valence-electron chi connectivity index (χ2n) is 13.7. The summed E-state index contributed by atoms with van der Waals surface area (Å²) in [6, 6.07) is 8.33. The van der Waals surface area contributed by atoms with Gasteiger partial charge in [-0.3, -0.25) is 4.98 Å². The molecule has 1 fully saturated rings. The Morgan fingerprint density at radius 2 is 1.73 bits per heavy atom. The SMILES string of the molecule is Cc1cc(-c2cnc(C)c([C@H](OC(C)(C)C)C(=O)OC(C)C)c2N2CCC(C)(C)CC2)nnc1OCCc1ccc(F)cc1. The van der Waals surface area contributed by atoms with Crippen LogP contribution in [-0.4, -0.2) is 52.6 Å². The van der Waals surface area contributed by atoms with Gasteiger partial charge in [-0.1, -0.05) is 26.0 Å². The Morgan fingerprint density at radius 3 is 2.32 bits per heavy atom. The molecule has 3 aromatic rings. The Bertz CT molecular complexity index is 1440. The molecule has 8 nitrogen and oxygen atoms in total. The molecule has 1 atom stereocenters. The van der Waals surface area contributed by atoms with Gasteiger partial charge in [-0.2, -0.15) is 0 Å². The fourth-order valence-electron chi connectivity index (χ4n) is 5.32. The van der Waals surface area contributed by atoms with Gasteiger partial charge in [0, 0.05) is 48.1 Å². The number of piperidine rings is 1. The molecular formula is C35H47FN4O4. The Hall–Kier alpha value is -3.59. The molecule has 0 saturated carbocycles. The molecule has 0 spiro atoms. The maximum absolute atomic E-state index is 13.6. The van der Waals surface area contributed by atoms with E-state index in [9.17, 15) is 9.18 Å². The molecule has 238 valence electrons. The van der Waals surface area contributed by atoms with Crippen LogP contribution in [0, 0.1) is 25.1 Å². The molecule has 44 heavy (non-hydrogen) atoms. The molecule has 0 aliphatic carbocycles. The highest BCUT2D eigenvalue weighted by Crippen LogP contribution is 2.43. The molecule has 1 aliphatic heterocycles. The number of esters is 1. The van der Waals surface area contributed by atoms with Crippen molar-refractivity contribution in [3.63, 3.8) is 0 Å². The van der Waals surface area contributed by atoms with Crippen molar-refractivity contribution in [3.8, 4) is 17.1 Å². The molecule has 1 aromatic carbocycles. The summed E-state index contributed by atoms with van der Waals surface area (Å²) in [4.78, 5) is 20.7. The highest BCUT2D eigenvalue weighted by atomic mass is 19.1. The first-order valence-corrected chi connectivity index (χ1v) is 15.5. The first-order chi connectivity index (χ1) is 20.6. The van der Waals surface area contributed by atoms with Gasteiger partial charge in [-0.25, -0.2) is 9.18 Å². The lowest BCUT2D eigenvalue weighted by Crippen LogP contribution is -2.39. The molecule has 9 heteroatoms. The average molecular weight is 607 g/mol. The van der Waals surface area contributed by atoms with Gasteiger partial charge in [0.25, 0.3) is 0 Å². The maximum atomic E-state index is 13.6. The minimum atomic E-state index is -0.974. The number of aromatic nitrogens is 3. The smallest absolute Gasteiger partial charge is 0.340 e. The number of carbonyl (C=O) groups is 1. The van der Waals surface area contributed by atoms with E-state index in [1.807, 2.05) is 60.7 Å². The molecule has 4 rings (SSSR count). The summed E-state index contributed by atoms with van der Waals surface area (Å²) in [6.45, 7) is 19.9. The summed E-state index contributed by atoms with van der Waals surface area (Å²) < 4.78 is 31.4. The van der Waals surface area contributed by atoms with E-state index in [4.69, 9.17) is 19.2 Å². The van der Waals surface area contributed by atoms with Crippen LogP contribution in [0.5, 0.6) is 5.88 Å². The third kappa shape index (κ3) is 8.52. The minimum absolute atomic E-state index is 0.222. The van der Waals surface area contributed by atoms with Crippen LogP contribution in [0.1, 0.15) is 89.8 Å². The summed E-state index contributed by atoms with van der Waals surface area (Å²) in [5.74, 6) is -0.268. The summed E-state index contributed by atoms with van der Waals surface area (Å²) >= 11 is 0. The molecule has 0 amide bonds. The van der Waals surface area contributed by atoms with Crippen molar-refractivity contribution < 1.29 is 23.4 Å². The number of hydrogen-bond donors (Lipinski definition) is 0. The minimum Gasteiger partial charge on any atom is -0.476 e. The first kappa shape index (κ1) is 33.3. The van der Waals surface area contributed by atoms with E-state index in [-0.39, 0.29) is 17.3 Å². The maximum Gasteiger partial charge on any atom is 0.340 e. The number of anilines is 1. The van der Waals surface area contributed by atoms with Gasteiger partial charge in [0.1, 0.15) is 5.82 Å². The van der Waals surface area contributed by atoms with E-state index in [0.717, 1.165) is 48.3 Å². The fraction of sp³-hybridized carbons (Fsp3) is 0.543. The zero-order chi connectivity index (χ0) is 32.2. The number of nitrogens with zero attached hydrogens (tertiary/aromatic N) is 4. The highest BCUT2D eigenvalue weighted by Gasteiger charge is 2.37. The molecule has 3 heterocycles. The van der Waals surface area contributed by atoms with Crippen LogP contribution in [0.25, 0.3) is 11.3 Å². The normalized spacial score (nSPS) is 15.8. The Kier molecular flexibility index (Phi) is 10.3. The van der Waals surface area contributed by atoms with Crippen LogP contribution >= 0.6 is 0 Å². The predicted octanol–water partition coefficient (Wildman–Crippen LogP) is 7.35. The number of pyridine rings is 1. The quantitative estimate of drug-likeness (QED) is 0.222. The first-order valence-electron chi connectivity index (χ1n) is 15.5. The topological polar surface area (TPSA) is 86.7 Å². The van der Waals surface area contributed by atoms with E-state index in [2.05, 4.69) is 28.9 Å². The fourth-order valence-corrected chi connectivity index (χ4v) is 5.32. The third-order valence-electron chi connectivity index (χ3n) is 7.78. The zero-order valence-corrected chi connectivity index (χ0v) is 27.7. The van der Waals surface area contributed by atoms with Crippen molar-refractivity contribution in [3.05, 3.63) is 64.7 Å². The zero-order valence-electron chi connectivity index (χ0n) is 27.7. The molecule has 2 aromatic heterocycles. The van der Waals surface area contributed by atoms with E-state index in [1.54, 1.807) is 12.1 Å². The average Bonchev–Trinajstić information content (AvgIpc) is 2.93. The standard InChI is InChI=1S/C35H47FN4O4/c1-22(2)43-33(41)31(44-34(5,6)7)29-24(4)37-21-27(30(29)40-17-15-35(8,9)16-18-40)28-20-23(3)32(39-38-28)42-19-14-25-10-12-26(36)13-11-25/h10-13,20-22,31H,14-19H2,1-9H3/t31-/m0/s1. The third-order valence-corrected chi connectivity index (χ3v) is 7.78. The van der Waals surface area contributed by atoms with Crippen LogP contribution in [0.4, 0.5) is 10.1 Å². The van der Waals surface area contributed by atoms with Crippen molar-refractivity contribution in [1.29, 1.82) is 0 Å². The number of ether oxygens (including phenoxy) is 3. The highest BCUT2D eigenvalue weighted by molar-refractivity contribution is 5.86.